The number of nitrogens with zero attached hydrogens (tertiary/aromatic N) is 1. The van der Waals surface area contributed by atoms with Gasteiger partial charge in [-0.05, 0) is 36.4 Å². The third kappa shape index (κ3) is 6.69. The van der Waals surface area contributed by atoms with Gasteiger partial charge in [0.25, 0.3) is 0 Å². The Bertz CT molecular complexity index is 1280. The van der Waals surface area contributed by atoms with Crippen molar-refractivity contribution in [2.75, 3.05) is 7.05 Å². The van der Waals surface area contributed by atoms with E-state index in [-0.39, 0.29) is 16.7 Å². The normalized spacial score (nSPS) is 23.2. The van der Waals surface area contributed by atoms with Crippen molar-refractivity contribution in [3.8, 4) is 0 Å². The molecular weight excluding hydrogens is 520 g/mol. The highest BCUT2D eigenvalue weighted by Crippen LogP contribution is 2.31. The van der Waals surface area contributed by atoms with Gasteiger partial charge in [0.1, 0.15) is 12.3 Å². The van der Waals surface area contributed by atoms with E-state index in [4.69, 9.17) is 30.5 Å². The number of likely N-dealkylation sites (N-methyl/N-ethyl adjacent to an activating group) is 1. The molecule has 1 aliphatic rings. The molecule has 12 nitrogen and oxygen atoms in total. The van der Waals surface area contributed by atoms with Crippen LogP contribution in [0.25, 0.3) is 0 Å². The second-order valence-electron chi connectivity index (χ2n) is 8.93. The fraction of sp³-hybridized carbons (Fsp3) is 0.250. The van der Waals surface area contributed by atoms with Gasteiger partial charge in [0.2, 0.25) is 0 Å². The van der Waals surface area contributed by atoms with Crippen LogP contribution in [-0.4, -0.2) is 71.9 Å². The molecule has 0 aromatic heterocycles. The van der Waals surface area contributed by atoms with Crippen LogP contribution in [0.4, 0.5) is 0 Å². The van der Waals surface area contributed by atoms with Gasteiger partial charge in [0, 0.05) is 7.05 Å². The molecule has 1 aliphatic heterocycles. The quantitative estimate of drug-likeness (QED) is 0.0978. The maximum atomic E-state index is 13.2. The number of hydrogen-bond donors (Lipinski definition) is 4. The Hall–Kier alpha value is -4.17. The summed E-state index contributed by atoms with van der Waals surface area (Å²) in [6, 6.07) is 24.1. The maximum absolute atomic E-state index is 13.2. The standard InChI is InChI=1S/C28H30N4O8/c1-32(31-30)24(29)22-20(37-25(33)17-11-5-2-6-12-17)21(38-26(34)18-13-7-3-8-14-18)23(28(36)39-22)40-27(35)19-15-9-4-10-16-19/h2-16,20-24,28,31,36H,29-30H2,1H3. The first-order chi connectivity index (χ1) is 19.3. The first kappa shape index (κ1) is 28.8. The van der Waals surface area contributed by atoms with Crippen LogP contribution < -0.4 is 17.1 Å². The predicted octanol–water partition coefficient (Wildman–Crippen LogP) is 0.975. The predicted molar refractivity (Wildman–Crippen MR) is 141 cm³/mol. The molecule has 0 spiro atoms. The number of benzene rings is 3. The molecule has 1 heterocycles. The van der Waals surface area contributed by atoms with Crippen LogP contribution in [0, 0.1) is 0 Å². The molecule has 0 saturated carbocycles. The smallest absolute Gasteiger partial charge is 0.338 e. The Kier molecular flexibility index (Phi) is 9.56. The Balaban J connectivity index is 1.73. The number of carbonyl (C=O) groups is 3. The molecule has 6 unspecified atom stereocenters. The molecule has 0 bridgehead atoms. The minimum atomic E-state index is -1.82. The van der Waals surface area contributed by atoms with Gasteiger partial charge in [-0.1, -0.05) is 54.6 Å². The number of nitrogens with two attached hydrogens (primary N) is 2. The number of rotatable bonds is 9. The fourth-order valence-electron chi connectivity index (χ4n) is 4.12. The van der Waals surface area contributed by atoms with Gasteiger partial charge < -0.3 is 29.8 Å². The molecule has 3 aromatic rings. The number of aliphatic hydroxyl groups excluding tert-OH is 1. The van der Waals surface area contributed by atoms with Crippen molar-refractivity contribution in [1.29, 1.82) is 0 Å². The molecule has 40 heavy (non-hydrogen) atoms. The highest BCUT2D eigenvalue weighted by molar-refractivity contribution is 5.91. The lowest BCUT2D eigenvalue weighted by Crippen LogP contribution is -2.69. The summed E-state index contributed by atoms with van der Waals surface area (Å²) in [5.74, 6) is 3.08. The number of aliphatic hydroxyl groups is 1. The SMILES string of the molecule is CN(NN)C(N)C1OC(O)C(OC(=O)c2ccccc2)C(OC(=O)c2ccccc2)C1OC(=O)c1ccccc1. The Morgan fingerprint density at radius 1 is 0.750 bits per heavy atom. The lowest BCUT2D eigenvalue weighted by Gasteiger charge is -2.45. The number of hydrogen-bond acceptors (Lipinski definition) is 12. The van der Waals surface area contributed by atoms with E-state index in [0.29, 0.717) is 0 Å². The molecule has 12 heteroatoms. The van der Waals surface area contributed by atoms with Crippen LogP contribution in [0.5, 0.6) is 0 Å². The highest BCUT2D eigenvalue weighted by atomic mass is 16.7. The molecule has 1 fully saturated rings. The first-order valence-electron chi connectivity index (χ1n) is 12.4. The largest absolute Gasteiger partial charge is 0.452 e. The molecule has 0 amide bonds. The first-order valence-corrected chi connectivity index (χ1v) is 12.4. The number of carbonyl (C=O) groups excluding carboxylic acids is 3. The van der Waals surface area contributed by atoms with Gasteiger partial charge in [0.15, 0.2) is 24.6 Å². The maximum Gasteiger partial charge on any atom is 0.338 e. The molecule has 4 rings (SSSR count). The van der Waals surface area contributed by atoms with Crippen molar-refractivity contribution in [1.82, 2.24) is 10.5 Å². The van der Waals surface area contributed by atoms with Crippen LogP contribution in [-0.2, 0) is 18.9 Å². The number of hydrazine groups is 2. The van der Waals surface area contributed by atoms with Crippen LogP contribution in [0.15, 0.2) is 91.0 Å². The molecule has 0 radical (unpaired) electrons. The zero-order valence-electron chi connectivity index (χ0n) is 21.5. The van der Waals surface area contributed by atoms with Gasteiger partial charge in [-0.25, -0.2) is 19.4 Å². The lowest BCUT2D eigenvalue weighted by atomic mass is 9.95. The minimum absolute atomic E-state index is 0.173. The van der Waals surface area contributed by atoms with Crippen LogP contribution in [0.1, 0.15) is 31.1 Å². The Morgan fingerprint density at radius 2 is 1.12 bits per heavy atom. The van der Waals surface area contributed by atoms with Crippen molar-refractivity contribution in [2.24, 2.45) is 11.6 Å². The number of nitrogens with one attached hydrogen (secondary N) is 1. The van der Waals surface area contributed by atoms with Crippen LogP contribution >= 0.6 is 0 Å². The Morgan fingerprint density at radius 3 is 1.52 bits per heavy atom. The topological polar surface area (TPSA) is 176 Å². The monoisotopic (exact) mass is 550 g/mol. The van der Waals surface area contributed by atoms with Gasteiger partial charge in [0.05, 0.1) is 16.7 Å². The second kappa shape index (κ2) is 13.3. The molecular formula is C28H30N4O8. The molecule has 0 aliphatic carbocycles. The summed E-state index contributed by atoms with van der Waals surface area (Å²) in [6.45, 7) is 0. The van der Waals surface area contributed by atoms with Crippen molar-refractivity contribution >= 4 is 17.9 Å². The third-order valence-electron chi connectivity index (χ3n) is 6.29. The fourth-order valence-corrected chi connectivity index (χ4v) is 4.12. The molecule has 1 saturated heterocycles. The molecule has 6 N–H and O–H groups in total. The van der Waals surface area contributed by atoms with Crippen LogP contribution in [0.2, 0.25) is 0 Å². The van der Waals surface area contributed by atoms with Gasteiger partial charge in [-0.15, -0.1) is 0 Å². The van der Waals surface area contributed by atoms with Crippen molar-refractivity contribution in [3.05, 3.63) is 108 Å². The second-order valence-corrected chi connectivity index (χ2v) is 8.93. The van der Waals surface area contributed by atoms with E-state index in [0.717, 1.165) is 0 Å². The number of ether oxygens (including phenoxy) is 4. The summed E-state index contributed by atoms with van der Waals surface area (Å²) < 4.78 is 22.9. The average Bonchev–Trinajstić information content (AvgIpc) is 3.00. The van der Waals surface area contributed by atoms with E-state index >= 15 is 0 Å². The average molecular weight is 551 g/mol. The summed E-state index contributed by atoms with van der Waals surface area (Å²) in [4.78, 5) is 39.3. The van der Waals surface area contributed by atoms with Crippen molar-refractivity contribution in [2.45, 2.75) is 36.9 Å². The molecule has 3 aromatic carbocycles. The summed E-state index contributed by atoms with van der Waals surface area (Å²) in [5, 5.41) is 12.2. The van der Waals surface area contributed by atoms with Crippen LogP contribution in [0.3, 0.4) is 0 Å². The summed E-state index contributed by atoms with van der Waals surface area (Å²) in [5.41, 5.74) is 9.20. The highest BCUT2D eigenvalue weighted by Gasteiger charge is 2.54. The van der Waals surface area contributed by atoms with Gasteiger partial charge in [-0.3, -0.25) is 5.84 Å². The summed E-state index contributed by atoms with van der Waals surface area (Å²) >= 11 is 0. The van der Waals surface area contributed by atoms with E-state index < -0.39 is 54.8 Å². The van der Waals surface area contributed by atoms with E-state index in [1.54, 1.807) is 54.6 Å². The zero-order chi connectivity index (χ0) is 28.6. The molecule has 6 atom stereocenters. The summed E-state index contributed by atoms with van der Waals surface area (Å²) in [7, 11) is 1.49. The minimum Gasteiger partial charge on any atom is -0.452 e. The zero-order valence-corrected chi connectivity index (χ0v) is 21.5. The Labute approximate surface area is 230 Å². The van der Waals surface area contributed by atoms with Gasteiger partial charge in [-0.2, -0.15) is 5.53 Å². The molecule has 210 valence electrons. The van der Waals surface area contributed by atoms with E-state index in [1.807, 2.05) is 0 Å². The van der Waals surface area contributed by atoms with Crippen molar-refractivity contribution in [3.63, 3.8) is 0 Å². The lowest BCUT2D eigenvalue weighted by molar-refractivity contribution is -0.290. The van der Waals surface area contributed by atoms with E-state index in [2.05, 4.69) is 5.53 Å². The number of esters is 3. The van der Waals surface area contributed by atoms with E-state index in [9.17, 15) is 19.5 Å². The van der Waals surface area contributed by atoms with E-state index in [1.165, 1.54) is 48.5 Å². The third-order valence-corrected chi connectivity index (χ3v) is 6.29. The summed E-state index contributed by atoms with van der Waals surface area (Å²) in [6.07, 6.45) is -8.85. The van der Waals surface area contributed by atoms with Crippen molar-refractivity contribution < 1.29 is 38.4 Å². The van der Waals surface area contributed by atoms with Gasteiger partial charge >= 0.3 is 17.9 Å².